The summed E-state index contributed by atoms with van der Waals surface area (Å²) in [6.07, 6.45) is -5.32. The van der Waals surface area contributed by atoms with Crippen LogP contribution in [0.25, 0.3) is 0 Å². The largest absolute Gasteiger partial charge is 0.573 e. The molecule has 9 nitrogen and oxygen atoms in total. The molecule has 0 saturated carbocycles. The first kappa shape index (κ1) is 35.8. The van der Waals surface area contributed by atoms with E-state index in [1.54, 1.807) is 49.4 Å². The Hall–Kier alpha value is -3.71. The average Bonchev–Trinajstić information content (AvgIpc) is 2.96. The van der Waals surface area contributed by atoms with Crippen molar-refractivity contribution in [1.82, 2.24) is 4.90 Å². The molecular weight excluding hydrogens is 640 g/mol. The van der Waals surface area contributed by atoms with E-state index in [0.717, 1.165) is 17.2 Å². The molecule has 45 heavy (non-hydrogen) atoms. The molecule has 0 radical (unpaired) electrons. The van der Waals surface area contributed by atoms with Crippen molar-refractivity contribution in [1.29, 1.82) is 0 Å². The van der Waals surface area contributed by atoms with Crippen LogP contribution in [0.2, 0.25) is 10.0 Å². The lowest BCUT2D eigenvalue weighted by atomic mass is 10.1. The van der Waals surface area contributed by atoms with Gasteiger partial charge in [0.05, 0.1) is 18.8 Å². The van der Waals surface area contributed by atoms with E-state index in [1.807, 2.05) is 0 Å². The van der Waals surface area contributed by atoms with E-state index in [0.29, 0.717) is 22.2 Å². The van der Waals surface area contributed by atoms with Crippen LogP contribution in [0, 0.1) is 0 Å². The lowest BCUT2D eigenvalue weighted by Crippen LogP contribution is -2.39. The molecule has 0 heterocycles. The number of nitrogens with zero attached hydrogens (tertiary/aromatic N) is 1. The molecule has 2 N–H and O–H groups in total. The number of hydrogen-bond donors (Lipinski definition) is 2. The molecule has 3 rings (SSSR count). The van der Waals surface area contributed by atoms with E-state index in [4.69, 9.17) is 37.4 Å². The summed E-state index contributed by atoms with van der Waals surface area (Å²) in [5.41, 5.74) is 1.37. The van der Waals surface area contributed by atoms with Crippen molar-refractivity contribution < 1.29 is 46.8 Å². The molecule has 2 amide bonds. The fraction of sp³-hybridized carbons (Fsp3) is 0.355. The smallest absolute Gasteiger partial charge is 0.492 e. The highest BCUT2D eigenvalue weighted by molar-refractivity contribution is 6.34. The lowest BCUT2D eigenvalue weighted by molar-refractivity contribution is -0.274. The maximum absolute atomic E-state index is 13.2. The second kappa shape index (κ2) is 17.7. The number of nitrogens with one attached hydrogen (secondary N) is 1. The van der Waals surface area contributed by atoms with Gasteiger partial charge in [-0.1, -0.05) is 47.5 Å². The van der Waals surface area contributed by atoms with E-state index in [-0.39, 0.29) is 51.6 Å². The molecule has 0 saturated heterocycles. The number of halogens is 5. The third-order valence-electron chi connectivity index (χ3n) is 6.17. The molecular formula is C31H33Cl2F3N2O7. The third kappa shape index (κ3) is 13.0. The van der Waals surface area contributed by atoms with Crippen LogP contribution in [-0.4, -0.2) is 67.4 Å². The van der Waals surface area contributed by atoms with E-state index in [1.165, 1.54) is 23.1 Å². The van der Waals surface area contributed by atoms with Crippen molar-refractivity contribution in [3.63, 3.8) is 0 Å². The van der Waals surface area contributed by atoms with Crippen molar-refractivity contribution in [2.75, 3.05) is 38.2 Å². The molecule has 0 bridgehead atoms. The maximum Gasteiger partial charge on any atom is 0.573 e. The topological polar surface area (TPSA) is 107 Å². The number of aliphatic carboxylic acids is 1. The van der Waals surface area contributed by atoms with Crippen molar-refractivity contribution in [2.45, 2.75) is 38.8 Å². The van der Waals surface area contributed by atoms with Crippen molar-refractivity contribution >= 4 is 40.9 Å². The first-order chi connectivity index (χ1) is 21.4. The predicted octanol–water partition coefficient (Wildman–Crippen LogP) is 7.44. The molecule has 244 valence electrons. The second-order valence-corrected chi connectivity index (χ2v) is 10.5. The fourth-order valence-electron chi connectivity index (χ4n) is 4.16. The minimum atomic E-state index is -4.94. The average molecular weight is 674 g/mol. The molecule has 14 heteroatoms. The van der Waals surface area contributed by atoms with E-state index >= 15 is 0 Å². The highest BCUT2D eigenvalue weighted by atomic mass is 35.5. The number of carboxylic acid groups (broad SMARTS) is 1. The molecule has 3 aromatic carbocycles. The van der Waals surface area contributed by atoms with Crippen molar-refractivity contribution in [3.8, 4) is 11.5 Å². The Kier molecular flexibility index (Phi) is 14.1. The molecule has 3 aromatic rings. The van der Waals surface area contributed by atoms with Crippen LogP contribution in [0.4, 0.5) is 23.7 Å². The summed E-state index contributed by atoms with van der Waals surface area (Å²) in [5.74, 6) is -1.12. The van der Waals surface area contributed by atoms with Crippen molar-refractivity contribution in [2.24, 2.45) is 0 Å². The predicted molar refractivity (Wildman–Crippen MR) is 163 cm³/mol. The minimum absolute atomic E-state index is 0.0615. The van der Waals surface area contributed by atoms with Crippen molar-refractivity contribution in [3.05, 3.63) is 87.9 Å². The summed E-state index contributed by atoms with van der Waals surface area (Å²) in [6.45, 7) is 2.84. The standard InChI is InChI=1S/C31H33Cl2F3N2O7/c1-2-43-28(29(39)40)18-21-8-10-25(11-9-21)44-15-13-38(12-5-14-42-20-22-16-23(32)19-24(33)17-22)30(41)37-26-6-3-4-7-27(26)45-31(34,35)36/h3-4,6-11,16-17,19,28H,2,5,12-15,18,20H2,1H3,(H,37,41)(H,39,40). The van der Waals surface area contributed by atoms with Gasteiger partial charge in [-0.3, -0.25) is 0 Å². The second-order valence-electron chi connectivity index (χ2n) is 9.62. The Labute approximate surface area is 268 Å². The van der Waals surface area contributed by atoms with Gasteiger partial charge in [0.15, 0.2) is 11.9 Å². The molecule has 0 spiro atoms. The number of carbonyl (C=O) groups excluding carboxylic acids is 1. The number of para-hydroxylation sites is 2. The number of ether oxygens (including phenoxy) is 4. The summed E-state index contributed by atoms with van der Waals surface area (Å²) in [7, 11) is 0. The van der Waals surface area contributed by atoms with Gasteiger partial charge in [0.25, 0.3) is 0 Å². The Balaban J connectivity index is 1.60. The first-order valence-electron chi connectivity index (χ1n) is 13.9. The van der Waals surface area contributed by atoms with E-state index in [2.05, 4.69) is 10.1 Å². The summed E-state index contributed by atoms with van der Waals surface area (Å²) in [4.78, 5) is 25.9. The van der Waals surface area contributed by atoms with Crippen LogP contribution >= 0.6 is 23.2 Å². The lowest BCUT2D eigenvalue weighted by Gasteiger charge is -2.24. The summed E-state index contributed by atoms with van der Waals surface area (Å²) in [5, 5.41) is 12.7. The normalized spacial score (nSPS) is 12.0. The van der Waals surface area contributed by atoms with Gasteiger partial charge in [0.2, 0.25) is 0 Å². The number of carboxylic acids is 1. The minimum Gasteiger partial charge on any atom is -0.492 e. The number of hydrogen-bond acceptors (Lipinski definition) is 6. The van der Waals surface area contributed by atoms with Gasteiger partial charge in [-0.05, 0) is 66.9 Å². The number of alkyl halides is 3. The summed E-state index contributed by atoms with van der Waals surface area (Å²) < 4.78 is 59.4. The zero-order valence-electron chi connectivity index (χ0n) is 24.3. The maximum atomic E-state index is 13.2. The highest BCUT2D eigenvalue weighted by Gasteiger charge is 2.32. The van der Waals surface area contributed by atoms with E-state index < -0.39 is 30.2 Å². The highest BCUT2D eigenvalue weighted by Crippen LogP contribution is 2.30. The Bertz CT molecular complexity index is 1370. The third-order valence-corrected chi connectivity index (χ3v) is 6.60. The van der Waals surface area contributed by atoms with E-state index in [9.17, 15) is 27.9 Å². The molecule has 1 atom stereocenters. The Morgan fingerprint density at radius 3 is 2.29 bits per heavy atom. The first-order valence-corrected chi connectivity index (χ1v) is 14.7. The number of carbonyl (C=O) groups is 2. The summed E-state index contributed by atoms with van der Waals surface area (Å²) >= 11 is 12.0. The van der Waals surface area contributed by atoms with Crippen LogP contribution in [0.5, 0.6) is 11.5 Å². The van der Waals surface area contributed by atoms with Crippen LogP contribution in [0.1, 0.15) is 24.5 Å². The molecule has 0 aromatic heterocycles. The zero-order valence-corrected chi connectivity index (χ0v) is 25.8. The number of amides is 2. The van der Waals surface area contributed by atoms with Gasteiger partial charge in [-0.15, -0.1) is 13.2 Å². The molecule has 0 aliphatic carbocycles. The van der Waals surface area contributed by atoms with Crippen LogP contribution in [0.15, 0.2) is 66.7 Å². The van der Waals surface area contributed by atoms with Gasteiger partial charge in [-0.2, -0.15) is 0 Å². The molecule has 0 fully saturated rings. The zero-order chi connectivity index (χ0) is 32.8. The number of urea groups is 1. The van der Waals surface area contributed by atoms with Gasteiger partial charge in [0, 0.05) is 36.2 Å². The van der Waals surface area contributed by atoms with Gasteiger partial charge >= 0.3 is 18.4 Å². The van der Waals surface area contributed by atoms with Crippen LogP contribution < -0.4 is 14.8 Å². The van der Waals surface area contributed by atoms with Crippen LogP contribution in [0.3, 0.4) is 0 Å². The quantitative estimate of drug-likeness (QED) is 0.144. The van der Waals surface area contributed by atoms with Gasteiger partial charge in [-0.25, -0.2) is 9.59 Å². The number of benzene rings is 3. The molecule has 1 unspecified atom stereocenters. The Morgan fingerprint density at radius 1 is 0.956 bits per heavy atom. The Morgan fingerprint density at radius 2 is 1.64 bits per heavy atom. The van der Waals surface area contributed by atoms with Crippen LogP contribution in [-0.2, 0) is 27.3 Å². The summed E-state index contributed by atoms with van der Waals surface area (Å²) in [6, 6.07) is 16.4. The number of rotatable bonds is 17. The van der Waals surface area contributed by atoms with Gasteiger partial charge < -0.3 is 34.3 Å². The fourth-order valence-corrected chi connectivity index (χ4v) is 4.73. The molecule has 0 aliphatic heterocycles. The van der Waals surface area contributed by atoms with Gasteiger partial charge in [0.1, 0.15) is 12.4 Å². The monoisotopic (exact) mass is 672 g/mol. The number of anilines is 1. The molecule has 0 aliphatic rings. The SMILES string of the molecule is CCOC(Cc1ccc(OCCN(CCCOCc2cc(Cl)cc(Cl)c2)C(=O)Nc2ccccc2OC(F)(F)F)cc1)C(=O)O.